The molecule has 5 rings (SSSR count). The molecule has 0 bridgehead atoms. The van der Waals surface area contributed by atoms with Gasteiger partial charge < -0.3 is 19.6 Å². The lowest BCUT2D eigenvalue weighted by Gasteiger charge is -2.27. The maximum Gasteiger partial charge on any atom is 0.291 e. The predicted molar refractivity (Wildman–Crippen MR) is 124 cm³/mol. The van der Waals surface area contributed by atoms with Crippen LogP contribution in [-0.4, -0.2) is 44.8 Å². The molecule has 4 aromatic rings. The standard InChI is InChI=1S/C25H23N5O3/c31-24(28-18-10-8-17(9-11-18)22-15-26-16-33-22)23-27-14-21(29-23)19-6-2-3-7-20(19)25(32)30-12-4-1-5-13-30/h2-3,6-11,14-16H,1,4-5,12-13H2,(H,27,29)(H,28,31). The first kappa shape index (κ1) is 20.7. The normalized spacial score (nSPS) is 13.6. The zero-order valence-corrected chi connectivity index (χ0v) is 18.0. The number of H-pyrrole nitrogens is 1. The van der Waals surface area contributed by atoms with Gasteiger partial charge in [0.05, 0.1) is 18.1 Å². The Labute approximate surface area is 190 Å². The molecule has 0 unspecified atom stereocenters. The van der Waals surface area contributed by atoms with Crippen LogP contribution >= 0.6 is 0 Å². The van der Waals surface area contributed by atoms with Crippen molar-refractivity contribution < 1.29 is 14.0 Å². The summed E-state index contributed by atoms with van der Waals surface area (Å²) in [5.74, 6) is 0.470. The monoisotopic (exact) mass is 441 g/mol. The van der Waals surface area contributed by atoms with Crippen LogP contribution in [0.2, 0.25) is 0 Å². The van der Waals surface area contributed by atoms with E-state index in [2.05, 4.69) is 20.3 Å². The number of benzene rings is 2. The van der Waals surface area contributed by atoms with Gasteiger partial charge in [0.15, 0.2) is 18.0 Å². The molecule has 1 aliphatic rings. The van der Waals surface area contributed by atoms with Crippen molar-refractivity contribution in [1.29, 1.82) is 0 Å². The molecule has 0 saturated carbocycles. The van der Waals surface area contributed by atoms with E-state index in [4.69, 9.17) is 4.42 Å². The Balaban J connectivity index is 1.32. The minimum absolute atomic E-state index is 0.0118. The van der Waals surface area contributed by atoms with E-state index in [1.807, 2.05) is 41.3 Å². The summed E-state index contributed by atoms with van der Waals surface area (Å²) in [6.45, 7) is 1.55. The Morgan fingerprint density at radius 3 is 2.52 bits per heavy atom. The van der Waals surface area contributed by atoms with Gasteiger partial charge in [-0.2, -0.15) is 0 Å². The second kappa shape index (κ2) is 9.12. The first-order valence-corrected chi connectivity index (χ1v) is 10.9. The van der Waals surface area contributed by atoms with E-state index in [9.17, 15) is 9.59 Å². The molecule has 166 valence electrons. The Morgan fingerprint density at radius 2 is 1.76 bits per heavy atom. The molecular weight excluding hydrogens is 418 g/mol. The van der Waals surface area contributed by atoms with Gasteiger partial charge in [-0.05, 0) is 49.6 Å². The van der Waals surface area contributed by atoms with Gasteiger partial charge in [-0.15, -0.1) is 0 Å². The van der Waals surface area contributed by atoms with Crippen LogP contribution < -0.4 is 5.32 Å². The topological polar surface area (TPSA) is 104 Å². The Morgan fingerprint density at radius 1 is 0.970 bits per heavy atom. The average molecular weight is 441 g/mol. The number of hydrogen-bond donors (Lipinski definition) is 2. The number of carbonyl (C=O) groups is 2. The maximum atomic E-state index is 13.1. The molecule has 2 amide bonds. The molecule has 0 spiro atoms. The van der Waals surface area contributed by atoms with E-state index in [0.29, 0.717) is 22.7 Å². The van der Waals surface area contributed by atoms with Gasteiger partial charge in [0.25, 0.3) is 11.8 Å². The fourth-order valence-corrected chi connectivity index (χ4v) is 4.01. The summed E-state index contributed by atoms with van der Waals surface area (Å²) in [7, 11) is 0. The van der Waals surface area contributed by atoms with Gasteiger partial charge in [-0.25, -0.2) is 9.97 Å². The number of imidazole rings is 1. The molecule has 0 radical (unpaired) electrons. The van der Waals surface area contributed by atoms with Gasteiger partial charge in [0.1, 0.15) is 0 Å². The van der Waals surface area contributed by atoms with Crippen LogP contribution in [0.3, 0.4) is 0 Å². The number of aromatic amines is 1. The summed E-state index contributed by atoms with van der Waals surface area (Å²) in [6.07, 6.45) is 7.81. The van der Waals surface area contributed by atoms with E-state index in [0.717, 1.165) is 43.5 Å². The Bertz CT molecular complexity index is 1260. The van der Waals surface area contributed by atoms with Crippen LogP contribution in [0, 0.1) is 0 Å². The number of anilines is 1. The van der Waals surface area contributed by atoms with Crippen LogP contribution in [0.4, 0.5) is 5.69 Å². The minimum atomic E-state index is -0.367. The molecular formula is C25H23N5O3. The number of carbonyl (C=O) groups excluding carboxylic acids is 2. The smallest absolute Gasteiger partial charge is 0.291 e. The SMILES string of the molecule is O=C(Nc1ccc(-c2cnco2)cc1)c1ncc(-c2ccccc2C(=O)N2CCCCC2)[nH]1. The van der Waals surface area contributed by atoms with Crippen molar-refractivity contribution in [1.82, 2.24) is 19.9 Å². The third kappa shape index (κ3) is 4.41. The quantitative estimate of drug-likeness (QED) is 0.471. The lowest BCUT2D eigenvalue weighted by Crippen LogP contribution is -2.35. The minimum Gasteiger partial charge on any atom is -0.444 e. The van der Waals surface area contributed by atoms with Crippen LogP contribution in [0.15, 0.2) is 71.7 Å². The van der Waals surface area contributed by atoms with Crippen LogP contribution in [0.1, 0.15) is 40.2 Å². The number of rotatable bonds is 5. The third-order valence-electron chi connectivity index (χ3n) is 5.74. The second-order valence-corrected chi connectivity index (χ2v) is 7.94. The molecule has 8 heteroatoms. The summed E-state index contributed by atoms with van der Waals surface area (Å²) in [5, 5.41) is 2.83. The van der Waals surface area contributed by atoms with Crippen molar-refractivity contribution in [2.75, 3.05) is 18.4 Å². The van der Waals surface area contributed by atoms with Gasteiger partial charge in [-0.1, -0.05) is 18.2 Å². The largest absolute Gasteiger partial charge is 0.444 e. The van der Waals surface area contributed by atoms with Gasteiger partial charge in [0, 0.05) is 35.5 Å². The maximum absolute atomic E-state index is 13.1. The number of nitrogens with zero attached hydrogens (tertiary/aromatic N) is 3. The van der Waals surface area contributed by atoms with Gasteiger partial charge >= 0.3 is 0 Å². The molecule has 8 nitrogen and oxygen atoms in total. The summed E-state index contributed by atoms with van der Waals surface area (Å²) < 4.78 is 5.28. The molecule has 33 heavy (non-hydrogen) atoms. The highest BCUT2D eigenvalue weighted by Gasteiger charge is 2.22. The number of aromatic nitrogens is 3. The predicted octanol–water partition coefficient (Wildman–Crippen LogP) is 4.61. The molecule has 2 aromatic carbocycles. The van der Waals surface area contributed by atoms with Crippen molar-refractivity contribution in [3.8, 4) is 22.6 Å². The molecule has 1 fully saturated rings. The molecule has 1 aliphatic heterocycles. The van der Waals surface area contributed by atoms with Gasteiger partial charge in [0.2, 0.25) is 0 Å². The highest BCUT2D eigenvalue weighted by atomic mass is 16.3. The number of oxazole rings is 1. The highest BCUT2D eigenvalue weighted by molar-refractivity contribution is 6.03. The van der Waals surface area contributed by atoms with Crippen molar-refractivity contribution in [2.45, 2.75) is 19.3 Å². The zero-order valence-electron chi connectivity index (χ0n) is 18.0. The molecule has 2 N–H and O–H groups in total. The van der Waals surface area contributed by atoms with E-state index in [1.54, 1.807) is 24.5 Å². The number of nitrogens with one attached hydrogen (secondary N) is 2. The van der Waals surface area contributed by atoms with Crippen LogP contribution in [0.25, 0.3) is 22.6 Å². The second-order valence-electron chi connectivity index (χ2n) is 7.94. The lowest BCUT2D eigenvalue weighted by atomic mass is 10.0. The summed E-state index contributed by atoms with van der Waals surface area (Å²) in [6, 6.07) is 14.7. The Hall–Kier alpha value is -4.20. The molecule has 1 saturated heterocycles. The van der Waals surface area contributed by atoms with E-state index >= 15 is 0 Å². The van der Waals surface area contributed by atoms with E-state index in [-0.39, 0.29) is 17.6 Å². The van der Waals surface area contributed by atoms with E-state index < -0.39 is 0 Å². The number of likely N-dealkylation sites (tertiary alicyclic amines) is 1. The highest BCUT2D eigenvalue weighted by Crippen LogP contribution is 2.25. The fraction of sp³-hybridized carbons (Fsp3) is 0.200. The average Bonchev–Trinajstić information content (AvgIpc) is 3.58. The number of hydrogen-bond acceptors (Lipinski definition) is 5. The van der Waals surface area contributed by atoms with Crippen LogP contribution in [0.5, 0.6) is 0 Å². The molecule has 3 heterocycles. The van der Waals surface area contributed by atoms with Crippen molar-refractivity contribution in [2.24, 2.45) is 0 Å². The van der Waals surface area contributed by atoms with Crippen LogP contribution in [-0.2, 0) is 0 Å². The van der Waals surface area contributed by atoms with Crippen molar-refractivity contribution in [3.05, 3.63) is 78.7 Å². The lowest BCUT2D eigenvalue weighted by molar-refractivity contribution is 0.0725. The summed E-state index contributed by atoms with van der Waals surface area (Å²) >= 11 is 0. The fourth-order valence-electron chi connectivity index (χ4n) is 4.01. The molecule has 2 aromatic heterocycles. The summed E-state index contributed by atoms with van der Waals surface area (Å²) in [5.41, 5.74) is 3.46. The number of amides is 2. The molecule has 0 aliphatic carbocycles. The molecule has 0 atom stereocenters. The third-order valence-corrected chi connectivity index (χ3v) is 5.74. The zero-order chi connectivity index (χ0) is 22.6. The first-order valence-electron chi connectivity index (χ1n) is 10.9. The summed E-state index contributed by atoms with van der Waals surface area (Å²) in [4.78, 5) is 38.9. The van der Waals surface area contributed by atoms with Crippen molar-refractivity contribution in [3.63, 3.8) is 0 Å². The first-order chi connectivity index (χ1) is 16.2. The van der Waals surface area contributed by atoms with Crippen molar-refractivity contribution >= 4 is 17.5 Å². The number of piperidine rings is 1. The van der Waals surface area contributed by atoms with Gasteiger partial charge in [-0.3, -0.25) is 9.59 Å². The van der Waals surface area contributed by atoms with E-state index in [1.165, 1.54) is 6.39 Å². The Kier molecular flexibility index (Phi) is 5.72.